The van der Waals surface area contributed by atoms with Crippen LogP contribution >= 0.6 is 12.8 Å². The Hall–Kier alpha value is 0.230. The summed E-state index contributed by atoms with van der Waals surface area (Å²) in [6.45, 7) is 3.01. The fourth-order valence-corrected chi connectivity index (χ4v) is 0.944. The first-order valence-electron chi connectivity index (χ1n) is 2.74. The van der Waals surface area contributed by atoms with Gasteiger partial charge in [0.25, 0.3) is 0 Å². The standard InChI is InChI=1S/C4H10N2OS/c7-5-1-3-6(8)4-2-5/h5,8H,1-4H2. The first-order valence-corrected chi connectivity index (χ1v) is 3.14. The van der Waals surface area contributed by atoms with Gasteiger partial charge in [-0.15, -0.1) is 0 Å². The molecule has 1 saturated heterocycles. The molecule has 1 aliphatic heterocycles. The summed E-state index contributed by atoms with van der Waals surface area (Å²) >= 11 is 4.08. The Morgan fingerprint density at radius 2 is 1.88 bits per heavy atom. The molecule has 0 saturated carbocycles. The molecule has 1 aliphatic rings. The molecule has 1 heterocycles. The van der Waals surface area contributed by atoms with Crippen molar-refractivity contribution in [2.45, 2.75) is 0 Å². The van der Waals surface area contributed by atoms with Gasteiger partial charge in [0.2, 0.25) is 0 Å². The monoisotopic (exact) mass is 134 g/mol. The number of hydrogen-bond donors (Lipinski definition) is 2. The zero-order valence-corrected chi connectivity index (χ0v) is 5.53. The van der Waals surface area contributed by atoms with E-state index in [4.69, 9.17) is 0 Å². The first kappa shape index (κ1) is 6.35. The number of rotatable bonds is 0. The van der Waals surface area contributed by atoms with Crippen LogP contribution in [-0.2, 0) is 0 Å². The van der Waals surface area contributed by atoms with E-state index in [-0.39, 0.29) is 0 Å². The number of thiol groups is 1. The van der Waals surface area contributed by atoms with Crippen LogP contribution in [-0.4, -0.2) is 30.5 Å². The second-order valence-corrected chi connectivity index (χ2v) is 2.56. The second kappa shape index (κ2) is 2.68. The maximum absolute atomic E-state index is 10.5. The van der Waals surface area contributed by atoms with Crippen LogP contribution in [0, 0.1) is 5.21 Å². The molecule has 48 valence electrons. The van der Waals surface area contributed by atoms with E-state index in [0.29, 0.717) is 18.2 Å². The Bertz CT molecular complexity index is 62.4. The summed E-state index contributed by atoms with van der Waals surface area (Å²) in [4.78, 5) is 0. The quantitative estimate of drug-likeness (QED) is 0.313. The third kappa shape index (κ3) is 1.63. The zero-order chi connectivity index (χ0) is 5.98. The zero-order valence-electron chi connectivity index (χ0n) is 4.63. The van der Waals surface area contributed by atoms with Crippen molar-refractivity contribution < 1.29 is 5.06 Å². The number of quaternary nitrogens is 1. The molecule has 4 heteroatoms. The van der Waals surface area contributed by atoms with E-state index >= 15 is 0 Å². The Morgan fingerprint density at radius 1 is 1.38 bits per heavy atom. The lowest BCUT2D eigenvalue weighted by molar-refractivity contribution is -0.852. The lowest BCUT2D eigenvalue weighted by atomic mass is 10.4. The number of piperazine rings is 1. The Balaban J connectivity index is 2.19. The largest absolute Gasteiger partial charge is 0.634 e. The number of nitrogens with zero attached hydrogens (tertiary/aromatic N) is 1. The molecule has 0 unspecified atom stereocenters. The van der Waals surface area contributed by atoms with Crippen molar-refractivity contribution in [3.63, 3.8) is 0 Å². The smallest absolute Gasteiger partial charge is 0.0907 e. The van der Waals surface area contributed by atoms with E-state index in [1.165, 1.54) is 0 Å². The Kier molecular flexibility index (Phi) is 2.13. The van der Waals surface area contributed by atoms with Crippen molar-refractivity contribution in [2.75, 3.05) is 26.2 Å². The summed E-state index contributed by atoms with van der Waals surface area (Å²) in [5.41, 5.74) is 0. The molecule has 1 fully saturated rings. The van der Waals surface area contributed by atoms with E-state index in [2.05, 4.69) is 12.8 Å². The summed E-state index contributed by atoms with van der Waals surface area (Å²) in [6, 6.07) is 0. The normalized spacial score (nSPS) is 26.2. The maximum atomic E-state index is 10.5. The highest BCUT2D eigenvalue weighted by molar-refractivity contribution is 7.77. The predicted octanol–water partition coefficient (Wildman–Crippen LogP) is -1.47. The van der Waals surface area contributed by atoms with Gasteiger partial charge in [0.15, 0.2) is 0 Å². The molecule has 0 amide bonds. The van der Waals surface area contributed by atoms with Gasteiger partial charge < -0.3 is 10.3 Å². The van der Waals surface area contributed by atoms with E-state index in [9.17, 15) is 5.21 Å². The van der Waals surface area contributed by atoms with E-state index in [1.54, 1.807) is 0 Å². The molecule has 0 atom stereocenters. The molecule has 1 N–H and O–H groups in total. The van der Waals surface area contributed by atoms with Gasteiger partial charge in [0, 0.05) is 0 Å². The molecular weight excluding hydrogens is 124 g/mol. The van der Waals surface area contributed by atoms with Crippen molar-refractivity contribution in [1.82, 2.24) is 4.31 Å². The van der Waals surface area contributed by atoms with Crippen LogP contribution in [0.15, 0.2) is 0 Å². The van der Waals surface area contributed by atoms with Crippen molar-refractivity contribution >= 4 is 12.8 Å². The van der Waals surface area contributed by atoms with Gasteiger partial charge in [-0.25, -0.2) is 4.31 Å². The van der Waals surface area contributed by atoms with Gasteiger partial charge in [0.05, 0.1) is 26.2 Å². The SMILES string of the molecule is [O-][NH+]1CCN(S)CC1. The van der Waals surface area contributed by atoms with Crippen molar-refractivity contribution in [3.05, 3.63) is 5.21 Å². The third-order valence-corrected chi connectivity index (χ3v) is 1.70. The van der Waals surface area contributed by atoms with Crippen LogP contribution in [0.3, 0.4) is 0 Å². The first-order chi connectivity index (χ1) is 3.79. The minimum atomic E-state index is 0.371. The van der Waals surface area contributed by atoms with Gasteiger partial charge in [-0.2, -0.15) is 0 Å². The van der Waals surface area contributed by atoms with Gasteiger partial charge in [-0.3, -0.25) is 0 Å². The summed E-state index contributed by atoms with van der Waals surface area (Å²) in [5.74, 6) is 0. The summed E-state index contributed by atoms with van der Waals surface area (Å²) in [5, 5.41) is 10.9. The highest BCUT2D eigenvalue weighted by Crippen LogP contribution is 1.89. The molecule has 0 bridgehead atoms. The molecule has 1 rings (SSSR count). The van der Waals surface area contributed by atoms with Gasteiger partial charge in [-0.1, -0.05) is 12.8 Å². The van der Waals surface area contributed by atoms with E-state index in [1.807, 2.05) is 4.31 Å². The second-order valence-electron chi connectivity index (χ2n) is 1.99. The molecule has 0 aliphatic carbocycles. The molecule has 8 heavy (non-hydrogen) atoms. The van der Waals surface area contributed by atoms with Crippen molar-refractivity contribution in [3.8, 4) is 0 Å². The van der Waals surface area contributed by atoms with Gasteiger partial charge in [-0.05, 0) is 0 Å². The lowest BCUT2D eigenvalue weighted by Crippen LogP contribution is -3.10. The molecule has 3 nitrogen and oxygen atoms in total. The highest BCUT2D eigenvalue weighted by atomic mass is 32.1. The molecular formula is C4H10N2OS. The third-order valence-electron chi connectivity index (χ3n) is 1.30. The van der Waals surface area contributed by atoms with E-state index in [0.717, 1.165) is 13.1 Å². The predicted molar refractivity (Wildman–Crippen MR) is 34.6 cm³/mol. The van der Waals surface area contributed by atoms with E-state index < -0.39 is 0 Å². The summed E-state index contributed by atoms with van der Waals surface area (Å²) in [6.07, 6.45) is 0. The van der Waals surface area contributed by atoms with Crippen LogP contribution in [0.25, 0.3) is 0 Å². The van der Waals surface area contributed by atoms with Crippen LogP contribution in [0.5, 0.6) is 0 Å². The van der Waals surface area contributed by atoms with Crippen LogP contribution < -0.4 is 5.06 Å². The van der Waals surface area contributed by atoms with Gasteiger partial charge >= 0.3 is 0 Å². The van der Waals surface area contributed by atoms with Crippen LogP contribution in [0.2, 0.25) is 0 Å². The Labute approximate surface area is 54.4 Å². The summed E-state index contributed by atoms with van der Waals surface area (Å²) < 4.78 is 1.88. The van der Waals surface area contributed by atoms with Gasteiger partial charge in [0.1, 0.15) is 0 Å². The van der Waals surface area contributed by atoms with Crippen LogP contribution in [0.1, 0.15) is 0 Å². The number of hydrogen-bond acceptors (Lipinski definition) is 3. The summed E-state index contributed by atoms with van der Waals surface area (Å²) in [7, 11) is 0. The van der Waals surface area contributed by atoms with Crippen molar-refractivity contribution in [2.24, 2.45) is 0 Å². The fourth-order valence-electron chi connectivity index (χ4n) is 0.744. The minimum Gasteiger partial charge on any atom is -0.634 e. The van der Waals surface area contributed by atoms with Crippen molar-refractivity contribution in [1.29, 1.82) is 0 Å². The Morgan fingerprint density at radius 3 is 2.25 bits per heavy atom. The highest BCUT2D eigenvalue weighted by Gasteiger charge is 2.09. The van der Waals surface area contributed by atoms with Crippen LogP contribution in [0.4, 0.5) is 0 Å². The average Bonchev–Trinajstić information content (AvgIpc) is 1.77. The fraction of sp³-hybridized carbons (Fsp3) is 1.00. The maximum Gasteiger partial charge on any atom is 0.0907 e. The molecule has 0 radical (unpaired) electrons. The molecule has 0 aromatic heterocycles. The average molecular weight is 134 g/mol. The number of nitrogens with one attached hydrogen (secondary N) is 1. The minimum absolute atomic E-state index is 0.371. The molecule has 0 aromatic rings. The molecule has 0 spiro atoms. The number of hydroxylamine groups is 2. The lowest BCUT2D eigenvalue weighted by Gasteiger charge is -2.30. The topological polar surface area (TPSA) is 30.7 Å². The molecule has 0 aromatic carbocycles.